The van der Waals surface area contributed by atoms with E-state index in [0.717, 1.165) is 18.2 Å². The van der Waals surface area contributed by atoms with Gasteiger partial charge < -0.3 is 9.73 Å². The average molecular weight is 240 g/mol. The molecule has 0 spiro atoms. The molecule has 1 saturated heterocycles. The second kappa shape index (κ2) is 4.80. The van der Waals surface area contributed by atoms with Gasteiger partial charge in [-0.25, -0.2) is 4.98 Å². The number of aromatic nitrogens is 1. The van der Waals surface area contributed by atoms with Crippen molar-refractivity contribution in [1.82, 2.24) is 10.3 Å². The van der Waals surface area contributed by atoms with Gasteiger partial charge in [-0.3, -0.25) is 0 Å². The highest BCUT2D eigenvalue weighted by molar-refractivity contribution is 7.99. The molecule has 1 aromatic heterocycles. The first-order valence-corrected chi connectivity index (χ1v) is 6.96. The van der Waals surface area contributed by atoms with Crippen molar-refractivity contribution in [3.63, 3.8) is 0 Å². The standard InChI is InChI=1S/C12H20N2OS/c1-9-6-14-11(15-9)7-13-10-8-16-5-4-12(10,2)3/h6,10,13H,4-5,7-8H2,1-3H3. The van der Waals surface area contributed by atoms with Gasteiger partial charge in [0.05, 0.1) is 12.7 Å². The largest absolute Gasteiger partial charge is 0.445 e. The van der Waals surface area contributed by atoms with Gasteiger partial charge in [0.2, 0.25) is 5.89 Å². The van der Waals surface area contributed by atoms with Gasteiger partial charge in [-0.05, 0) is 24.5 Å². The molecule has 0 aliphatic carbocycles. The molecule has 90 valence electrons. The number of hydrogen-bond donors (Lipinski definition) is 1. The van der Waals surface area contributed by atoms with E-state index >= 15 is 0 Å². The normalized spacial score (nSPS) is 24.6. The van der Waals surface area contributed by atoms with E-state index in [0.29, 0.717) is 11.5 Å². The molecule has 3 nitrogen and oxygen atoms in total. The van der Waals surface area contributed by atoms with Crippen molar-refractivity contribution < 1.29 is 4.42 Å². The van der Waals surface area contributed by atoms with Gasteiger partial charge in [0.25, 0.3) is 0 Å². The highest BCUT2D eigenvalue weighted by Crippen LogP contribution is 2.34. The summed E-state index contributed by atoms with van der Waals surface area (Å²) >= 11 is 2.03. The monoisotopic (exact) mass is 240 g/mol. The zero-order valence-corrected chi connectivity index (χ0v) is 11.1. The van der Waals surface area contributed by atoms with E-state index in [1.807, 2.05) is 18.7 Å². The minimum absolute atomic E-state index is 0.382. The molecule has 1 aliphatic rings. The van der Waals surface area contributed by atoms with Crippen LogP contribution in [0.5, 0.6) is 0 Å². The van der Waals surface area contributed by atoms with E-state index in [1.54, 1.807) is 6.20 Å². The molecule has 0 saturated carbocycles. The van der Waals surface area contributed by atoms with Gasteiger partial charge in [0.1, 0.15) is 5.76 Å². The average Bonchev–Trinajstić information content (AvgIpc) is 2.62. The van der Waals surface area contributed by atoms with Crippen molar-refractivity contribution in [3.05, 3.63) is 17.8 Å². The van der Waals surface area contributed by atoms with Crippen LogP contribution in [-0.2, 0) is 6.54 Å². The van der Waals surface area contributed by atoms with E-state index in [1.165, 1.54) is 17.9 Å². The Morgan fingerprint density at radius 3 is 3.06 bits per heavy atom. The first-order valence-electron chi connectivity index (χ1n) is 5.80. The third-order valence-corrected chi connectivity index (χ3v) is 4.35. The summed E-state index contributed by atoms with van der Waals surface area (Å²) < 4.78 is 5.46. The molecule has 1 aromatic rings. The summed E-state index contributed by atoms with van der Waals surface area (Å²) in [6, 6.07) is 0.554. The molecule has 2 rings (SSSR count). The Hall–Kier alpha value is -0.480. The van der Waals surface area contributed by atoms with Gasteiger partial charge in [-0.15, -0.1) is 0 Å². The Labute approximate surface area is 101 Å². The van der Waals surface area contributed by atoms with Crippen LogP contribution < -0.4 is 5.32 Å². The zero-order valence-electron chi connectivity index (χ0n) is 10.2. The molecule has 0 bridgehead atoms. The van der Waals surface area contributed by atoms with Crippen molar-refractivity contribution in [2.75, 3.05) is 11.5 Å². The summed E-state index contributed by atoms with van der Waals surface area (Å²) in [4.78, 5) is 4.21. The zero-order chi connectivity index (χ0) is 11.6. The summed E-state index contributed by atoms with van der Waals surface area (Å²) in [6.45, 7) is 7.34. The van der Waals surface area contributed by atoms with Crippen LogP contribution in [0.25, 0.3) is 0 Å². The lowest BCUT2D eigenvalue weighted by Crippen LogP contribution is -2.46. The van der Waals surface area contributed by atoms with Gasteiger partial charge in [0.15, 0.2) is 0 Å². The minimum atomic E-state index is 0.382. The van der Waals surface area contributed by atoms with Gasteiger partial charge >= 0.3 is 0 Å². The Kier molecular flexibility index (Phi) is 3.60. The van der Waals surface area contributed by atoms with Crippen molar-refractivity contribution >= 4 is 11.8 Å². The minimum Gasteiger partial charge on any atom is -0.445 e. The van der Waals surface area contributed by atoms with Crippen LogP contribution in [0.4, 0.5) is 0 Å². The lowest BCUT2D eigenvalue weighted by atomic mass is 9.82. The molecule has 1 atom stereocenters. The first kappa shape index (κ1) is 12.0. The maximum absolute atomic E-state index is 5.46. The SMILES string of the molecule is Cc1cnc(CNC2CSCCC2(C)C)o1. The number of aryl methyl sites for hydroxylation is 1. The van der Waals surface area contributed by atoms with Crippen molar-refractivity contribution in [2.45, 2.75) is 39.8 Å². The lowest BCUT2D eigenvalue weighted by molar-refractivity contribution is 0.238. The summed E-state index contributed by atoms with van der Waals surface area (Å²) in [6.07, 6.45) is 3.05. The van der Waals surface area contributed by atoms with Crippen LogP contribution in [0.1, 0.15) is 31.9 Å². The fourth-order valence-corrected chi connectivity index (χ4v) is 3.61. The van der Waals surface area contributed by atoms with Crippen LogP contribution >= 0.6 is 11.8 Å². The fourth-order valence-electron chi connectivity index (χ4n) is 1.97. The number of nitrogens with zero attached hydrogens (tertiary/aromatic N) is 1. The third kappa shape index (κ3) is 2.80. The predicted octanol–water partition coefficient (Wildman–Crippen LogP) is 2.60. The summed E-state index contributed by atoms with van der Waals surface area (Å²) in [7, 11) is 0. The molecular formula is C12H20N2OS. The Balaban J connectivity index is 1.89. The predicted molar refractivity (Wildman–Crippen MR) is 67.6 cm³/mol. The van der Waals surface area contributed by atoms with Crippen molar-refractivity contribution in [1.29, 1.82) is 0 Å². The van der Waals surface area contributed by atoms with E-state index in [4.69, 9.17) is 4.42 Å². The second-order valence-electron chi connectivity index (χ2n) is 5.11. The van der Waals surface area contributed by atoms with E-state index < -0.39 is 0 Å². The molecule has 0 radical (unpaired) electrons. The molecule has 0 amide bonds. The van der Waals surface area contributed by atoms with E-state index in [2.05, 4.69) is 24.1 Å². The van der Waals surface area contributed by atoms with Crippen LogP contribution in [0.3, 0.4) is 0 Å². The topological polar surface area (TPSA) is 38.1 Å². The maximum Gasteiger partial charge on any atom is 0.208 e. The number of rotatable bonds is 3. The quantitative estimate of drug-likeness (QED) is 0.881. The van der Waals surface area contributed by atoms with Gasteiger partial charge in [-0.2, -0.15) is 11.8 Å². The molecule has 1 unspecified atom stereocenters. The highest BCUT2D eigenvalue weighted by Gasteiger charge is 2.32. The van der Waals surface area contributed by atoms with Crippen LogP contribution in [0.15, 0.2) is 10.6 Å². The number of thioether (sulfide) groups is 1. The number of hydrogen-bond acceptors (Lipinski definition) is 4. The van der Waals surface area contributed by atoms with E-state index in [9.17, 15) is 0 Å². The summed E-state index contributed by atoms with van der Waals surface area (Å²) in [5.41, 5.74) is 0.382. The summed E-state index contributed by atoms with van der Waals surface area (Å²) in [5.74, 6) is 4.15. The lowest BCUT2D eigenvalue weighted by Gasteiger charge is -2.38. The Bertz CT molecular complexity index is 349. The number of nitrogens with one attached hydrogen (secondary N) is 1. The van der Waals surface area contributed by atoms with Crippen LogP contribution in [0.2, 0.25) is 0 Å². The maximum atomic E-state index is 5.46. The van der Waals surface area contributed by atoms with Gasteiger partial charge in [-0.1, -0.05) is 13.8 Å². The molecule has 0 aromatic carbocycles. The molecular weight excluding hydrogens is 220 g/mol. The summed E-state index contributed by atoms with van der Waals surface area (Å²) in [5, 5.41) is 3.56. The van der Waals surface area contributed by atoms with Crippen molar-refractivity contribution in [3.8, 4) is 0 Å². The van der Waals surface area contributed by atoms with Crippen LogP contribution in [0, 0.1) is 12.3 Å². The fraction of sp³-hybridized carbons (Fsp3) is 0.750. The van der Waals surface area contributed by atoms with E-state index in [-0.39, 0.29) is 0 Å². The first-order chi connectivity index (χ1) is 7.58. The highest BCUT2D eigenvalue weighted by atomic mass is 32.2. The number of oxazole rings is 1. The molecule has 2 heterocycles. The third-order valence-electron chi connectivity index (χ3n) is 3.29. The molecule has 4 heteroatoms. The Morgan fingerprint density at radius 2 is 2.44 bits per heavy atom. The Morgan fingerprint density at radius 1 is 1.62 bits per heavy atom. The molecule has 16 heavy (non-hydrogen) atoms. The molecule has 1 fully saturated rings. The van der Waals surface area contributed by atoms with Crippen molar-refractivity contribution in [2.24, 2.45) is 5.41 Å². The molecule has 1 N–H and O–H groups in total. The second-order valence-corrected chi connectivity index (χ2v) is 6.26. The molecule has 1 aliphatic heterocycles. The smallest absolute Gasteiger partial charge is 0.208 e. The van der Waals surface area contributed by atoms with Gasteiger partial charge in [0, 0.05) is 11.8 Å². The van der Waals surface area contributed by atoms with Crippen LogP contribution in [-0.4, -0.2) is 22.5 Å².